The Kier molecular flexibility index (Phi) is 6.61. The number of hydrogen-bond donors (Lipinski definition) is 1. The Morgan fingerprint density at radius 2 is 1.50 bits per heavy atom. The zero-order valence-corrected chi connectivity index (χ0v) is 21.2. The summed E-state index contributed by atoms with van der Waals surface area (Å²) in [5.74, 6) is -0.646. The Bertz CT molecular complexity index is 1380. The molecule has 10 nitrogen and oxygen atoms in total. The first kappa shape index (κ1) is 24.6. The number of amides is 1. The molecule has 186 valence electrons. The minimum Gasteiger partial charge on any atom is -0.455 e. The predicted molar refractivity (Wildman–Crippen MR) is 137 cm³/mol. The number of nitrogens with zero attached hydrogens (tertiary/aromatic N) is 6. The Labute approximate surface area is 209 Å². The number of nitrogens with one attached hydrogen (secondary N) is 1. The maximum absolute atomic E-state index is 13.4. The van der Waals surface area contributed by atoms with E-state index in [1.807, 2.05) is 74.8 Å². The highest BCUT2D eigenvalue weighted by atomic mass is 16.6. The van der Waals surface area contributed by atoms with Gasteiger partial charge in [0.1, 0.15) is 5.60 Å². The highest BCUT2D eigenvalue weighted by molar-refractivity contribution is 6.07. The number of esters is 1. The lowest BCUT2D eigenvalue weighted by Crippen LogP contribution is -2.27. The van der Waals surface area contributed by atoms with Crippen molar-refractivity contribution in [3.8, 4) is 11.4 Å². The molecule has 2 aromatic carbocycles. The van der Waals surface area contributed by atoms with Crippen LogP contribution in [0.3, 0.4) is 0 Å². The standard InChI is InChI=1S/C26H29N7O3/c1-17-20(30-33(29-17)19-15-11-8-12-16-19)23(34)27-22-21(24(35)36-26(2,3)4)32(25(28-22)31(5)6)18-13-9-7-10-14-18/h7-16H,1-6H3,(H,27,34). The summed E-state index contributed by atoms with van der Waals surface area (Å²) in [7, 11) is 3.61. The van der Waals surface area contributed by atoms with Crippen LogP contribution in [0.25, 0.3) is 11.4 Å². The largest absolute Gasteiger partial charge is 0.455 e. The van der Waals surface area contributed by atoms with Crippen molar-refractivity contribution in [1.29, 1.82) is 0 Å². The molecule has 0 fully saturated rings. The molecule has 0 atom stereocenters. The van der Waals surface area contributed by atoms with Crippen molar-refractivity contribution in [2.45, 2.75) is 33.3 Å². The molecule has 2 aromatic heterocycles. The van der Waals surface area contributed by atoms with Crippen LogP contribution in [0.1, 0.15) is 47.4 Å². The second kappa shape index (κ2) is 9.65. The Balaban J connectivity index is 1.79. The fourth-order valence-electron chi connectivity index (χ4n) is 3.56. The third-order valence-electron chi connectivity index (χ3n) is 5.08. The van der Waals surface area contributed by atoms with Crippen LogP contribution in [0.5, 0.6) is 0 Å². The highest BCUT2D eigenvalue weighted by Crippen LogP contribution is 2.29. The van der Waals surface area contributed by atoms with Gasteiger partial charge in [-0.15, -0.1) is 5.10 Å². The first-order valence-electron chi connectivity index (χ1n) is 11.4. The van der Waals surface area contributed by atoms with Crippen molar-refractivity contribution in [3.63, 3.8) is 0 Å². The van der Waals surface area contributed by atoms with E-state index in [1.54, 1.807) is 37.2 Å². The number of carbonyl (C=O) groups excluding carboxylic acids is 2. The maximum Gasteiger partial charge on any atom is 0.359 e. The summed E-state index contributed by atoms with van der Waals surface area (Å²) in [5, 5.41) is 11.5. The van der Waals surface area contributed by atoms with Gasteiger partial charge in [-0.05, 0) is 52.0 Å². The number of ether oxygens (including phenoxy) is 1. The molecular weight excluding hydrogens is 458 g/mol. The third kappa shape index (κ3) is 5.12. The van der Waals surface area contributed by atoms with Gasteiger partial charge in [-0.25, -0.2) is 4.79 Å². The van der Waals surface area contributed by atoms with E-state index in [0.717, 1.165) is 5.69 Å². The lowest BCUT2D eigenvalue weighted by molar-refractivity contribution is 0.00619. The summed E-state index contributed by atoms with van der Waals surface area (Å²) < 4.78 is 7.36. The predicted octanol–water partition coefficient (Wildman–Crippen LogP) is 4.04. The molecule has 1 N–H and O–H groups in total. The fourth-order valence-corrected chi connectivity index (χ4v) is 3.56. The quantitative estimate of drug-likeness (QED) is 0.409. The van der Waals surface area contributed by atoms with E-state index < -0.39 is 17.5 Å². The molecular formula is C26H29N7O3. The first-order valence-corrected chi connectivity index (χ1v) is 11.4. The molecule has 4 aromatic rings. The topological polar surface area (TPSA) is 107 Å². The van der Waals surface area contributed by atoms with Crippen molar-refractivity contribution in [3.05, 3.63) is 77.7 Å². The number of aromatic nitrogens is 5. The van der Waals surface area contributed by atoms with E-state index in [0.29, 0.717) is 17.3 Å². The molecule has 0 saturated heterocycles. The summed E-state index contributed by atoms with van der Waals surface area (Å²) in [4.78, 5) is 34.5. The second-order valence-corrected chi connectivity index (χ2v) is 9.39. The Morgan fingerprint density at radius 3 is 2.06 bits per heavy atom. The van der Waals surface area contributed by atoms with Crippen molar-refractivity contribution in [2.24, 2.45) is 0 Å². The minimum absolute atomic E-state index is 0.0652. The SMILES string of the molecule is Cc1nn(-c2ccccc2)nc1C(=O)Nc1nc(N(C)C)n(-c2ccccc2)c1C(=O)OC(C)(C)C. The maximum atomic E-state index is 13.4. The fraction of sp³-hybridized carbons (Fsp3) is 0.269. The molecule has 0 aliphatic carbocycles. The van der Waals surface area contributed by atoms with E-state index in [1.165, 1.54) is 4.80 Å². The molecule has 0 saturated carbocycles. The van der Waals surface area contributed by atoms with Crippen LogP contribution in [0.4, 0.5) is 11.8 Å². The molecule has 0 spiro atoms. The summed E-state index contributed by atoms with van der Waals surface area (Å²) in [5.41, 5.74) is 1.32. The van der Waals surface area contributed by atoms with Crippen molar-refractivity contribution < 1.29 is 14.3 Å². The van der Waals surface area contributed by atoms with Gasteiger partial charge < -0.3 is 15.0 Å². The number of anilines is 2. The average molecular weight is 488 g/mol. The molecule has 10 heteroatoms. The van der Waals surface area contributed by atoms with Gasteiger partial charge in [0.05, 0.1) is 11.4 Å². The van der Waals surface area contributed by atoms with E-state index in [9.17, 15) is 9.59 Å². The molecule has 0 aliphatic rings. The summed E-state index contributed by atoms with van der Waals surface area (Å²) in [6.45, 7) is 7.05. The molecule has 4 rings (SSSR count). The Morgan fingerprint density at radius 1 is 0.917 bits per heavy atom. The van der Waals surface area contributed by atoms with Gasteiger partial charge in [0, 0.05) is 19.8 Å². The smallest absolute Gasteiger partial charge is 0.359 e. The average Bonchev–Trinajstić information content (AvgIpc) is 3.40. The number of hydrogen-bond acceptors (Lipinski definition) is 7. The van der Waals surface area contributed by atoms with E-state index >= 15 is 0 Å². The van der Waals surface area contributed by atoms with Crippen LogP contribution in [0.15, 0.2) is 60.7 Å². The van der Waals surface area contributed by atoms with Gasteiger partial charge in [-0.2, -0.15) is 14.9 Å². The molecule has 2 heterocycles. The highest BCUT2D eigenvalue weighted by Gasteiger charge is 2.31. The number of imidazole rings is 1. The van der Waals surface area contributed by atoms with Crippen LogP contribution in [0, 0.1) is 6.92 Å². The Hall–Kier alpha value is -4.47. The molecule has 0 bridgehead atoms. The summed E-state index contributed by atoms with van der Waals surface area (Å²) >= 11 is 0. The summed E-state index contributed by atoms with van der Waals surface area (Å²) in [6, 6.07) is 18.6. The lowest BCUT2D eigenvalue weighted by atomic mass is 10.2. The van der Waals surface area contributed by atoms with E-state index in [2.05, 4.69) is 20.5 Å². The molecule has 0 radical (unpaired) electrons. The van der Waals surface area contributed by atoms with Crippen LogP contribution < -0.4 is 10.2 Å². The van der Waals surface area contributed by atoms with Gasteiger partial charge >= 0.3 is 5.97 Å². The molecule has 0 aliphatic heterocycles. The zero-order chi connectivity index (χ0) is 26.0. The third-order valence-corrected chi connectivity index (χ3v) is 5.08. The zero-order valence-electron chi connectivity index (χ0n) is 21.2. The molecule has 36 heavy (non-hydrogen) atoms. The lowest BCUT2D eigenvalue weighted by Gasteiger charge is -2.21. The number of carbonyl (C=O) groups is 2. The number of benzene rings is 2. The second-order valence-electron chi connectivity index (χ2n) is 9.39. The van der Waals surface area contributed by atoms with E-state index in [-0.39, 0.29) is 17.2 Å². The van der Waals surface area contributed by atoms with Crippen LogP contribution in [-0.4, -0.2) is 56.1 Å². The number of para-hydroxylation sites is 2. The normalized spacial score (nSPS) is 11.3. The van der Waals surface area contributed by atoms with Crippen molar-refractivity contribution in [1.82, 2.24) is 24.5 Å². The molecule has 0 unspecified atom stereocenters. The van der Waals surface area contributed by atoms with Gasteiger partial charge in [0.15, 0.2) is 17.2 Å². The van der Waals surface area contributed by atoms with Crippen LogP contribution >= 0.6 is 0 Å². The minimum atomic E-state index is -0.753. The van der Waals surface area contributed by atoms with Gasteiger partial charge in [0.25, 0.3) is 5.91 Å². The van der Waals surface area contributed by atoms with Crippen LogP contribution in [0.2, 0.25) is 0 Å². The summed E-state index contributed by atoms with van der Waals surface area (Å²) in [6.07, 6.45) is 0. The van der Waals surface area contributed by atoms with Gasteiger partial charge in [-0.3, -0.25) is 9.36 Å². The first-order chi connectivity index (χ1) is 17.0. The van der Waals surface area contributed by atoms with Crippen molar-refractivity contribution in [2.75, 3.05) is 24.3 Å². The molecule has 1 amide bonds. The van der Waals surface area contributed by atoms with Gasteiger partial charge in [0.2, 0.25) is 5.95 Å². The monoisotopic (exact) mass is 487 g/mol. The number of rotatable bonds is 6. The van der Waals surface area contributed by atoms with Crippen molar-refractivity contribution >= 4 is 23.6 Å². The van der Waals surface area contributed by atoms with Crippen LogP contribution in [-0.2, 0) is 4.74 Å². The van der Waals surface area contributed by atoms with E-state index in [4.69, 9.17) is 4.74 Å². The number of aryl methyl sites for hydroxylation is 1. The van der Waals surface area contributed by atoms with Gasteiger partial charge in [-0.1, -0.05) is 36.4 Å².